The third-order valence-electron chi connectivity index (χ3n) is 4.01. The number of sulfonamides is 1. The molecule has 1 aliphatic carbocycles. The summed E-state index contributed by atoms with van der Waals surface area (Å²) in [6.45, 7) is 1.93. The number of amides is 1. The molecule has 0 spiro atoms. The summed E-state index contributed by atoms with van der Waals surface area (Å²) in [5, 5.41) is 3.25. The smallest absolute Gasteiger partial charge is 0.252 e. The molecule has 2 aromatic heterocycles. The van der Waals surface area contributed by atoms with Gasteiger partial charge in [0.05, 0.1) is 16.6 Å². The van der Waals surface area contributed by atoms with E-state index in [4.69, 9.17) is 11.6 Å². The van der Waals surface area contributed by atoms with Crippen molar-refractivity contribution in [3.63, 3.8) is 0 Å². The molecule has 1 atom stereocenters. The number of hydrogen-bond donors (Lipinski definition) is 1. The molecule has 1 unspecified atom stereocenters. The van der Waals surface area contributed by atoms with E-state index >= 15 is 0 Å². The number of carbonyl (C=O) groups excluding carboxylic acids is 1. The van der Waals surface area contributed by atoms with Crippen molar-refractivity contribution in [2.24, 2.45) is 5.92 Å². The molecular weight excluding hydrogens is 402 g/mol. The van der Waals surface area contributed by atoms with Crippen LogP contribution in [0.1, 0.15) is 23.9 Å². The van der Waals surface area contributed by atoms with E-state index < -0.39 is 15.9 Å². The molecule has 0 aliphatic heterocycles. The van der Waals surface area contributed by atoms with Crippen LogP contribution in [0.4, 0.5) is 5.13 Å². The van der Waals surface area contributed by atoms with Crippen LogP contribution in [0.3, 0.4) is 0 Å². The Labute approximate surface area is 159 Å². The van der Waals surface area contributed by atoms with Gasteiger partial charge in [-0.15, -0.1) is 22.7 Å². The Balaban J connectivity index is 1.64. The number of anilines is 1. The average molecular weight is 420 g/mol. The Kier molecular flexibility index (Phi) is 5.50. The normalized spacial score (nSPS) is 17.5. The van der Waals surface area contributed by atoms with Crippen molar-refractivity contribution in [3.05, 3.63) is 27.0 Å². The largest absolute Gasteiger partial charge is 0.301 e. The predicted octanol–water partition coefficient (Wildman–Crippen LogP) is 3.24. The minimum Gasteiger partial charge on any atom is -0.301 e. The van der Waals surface area contributed by atoms with Crippen LogP contribution in [0.25, 0.3) is 0 Å². The molecule has 6 nitrogen and oxygen atoms in total. The number of nitrogens with one attached hydrogen (secondary N) is 1. The maximum absolute atomic E-state index is 12.4. The van der Waals surface area contributed by atoms with E-state index in [0.717, 1.165) is 40.6 Å². The Morgan fingerprint density at radius 2 is 2.20 bits per heavy atom. The summed E-state index contributed by atoms with van der Waals surface area (Å²) in [6, 6.07) is 2.96. The third kappa shape index (κ3) is 4.22. The van der Waals surface area contributed by atoms with Crippen molar-refractivity contribution in [1.82, 2.24) is 9.29 Å². The summed E-state index contributed by atoms with van der Waals surface area (Å²) in [7, 11) is -2.35. The number of thiazole rings is 1. The summed E-state index contributed by atoms with van der Waals surface area (Å²) in [5.74, 6) is 0.221. The first-order valence-corrected chi connectivity index (χ1v) is 11.2. The van der Waals surface area contributed by atoms with Crippen molar-refractivity contribution in [2.75, 3.05) is 18.9 Å². The molecule has 25 heavy (non-hydrogen) atoms. The maximum Gasteiger partial charge on any atom is 0.252 e. The lowest BCUT2D eigenvalue weighted by molar-refractivity contribution is -0.116. The van der Waals surface area contributed by atoms with Crippen LogP contribution in [0.15, 0.2) is 16.3 Å². The second-order valence-corrected chi connectivity index (χ2v) is 11.2. The summed E-state index contributed by atoms with van der Waals surface area (Å²) >= 11 is 8.24. The van der Waals surface area contributed by atoms with Gasteiger partial charge in [0.25, 0.3) is 10.0 Å². The Morgan fingerprint density at radius 3 is 2.88 bits per heavy atom. The molecule has 0 radical (unpaired) electrons. The van der Waals surface area contributed by atoms with Gasteiger partial charge >= 0.3 is 0 Å². The molecule has 2 aromatic rings. The summed E-state index contributed by atoms with van der Waals surface area (Å²) < 4.78 is 26.3. The lowest BCUT2D eigenvalue weighted by Gasteiger charge is -2.15. The quantitative estimate of drug-likeness (QED) is 0.806. The number of hydrogen-bond acceptors (Lipinski definition) is 6. The van der Waals surface area contributed by atoms with Gasteiger partial charge in [0, 0.05) is 11.9 Å². The van der Waals surface area contributed by atoms with Gasteiger partial charge in [0.1, 0.15) is 4.21 Å². The van der Waals surface area contributed by atoms with E-state index in [1.807, 2.05) is 0 Å². The highest BCUT2D eigenvalue weighted by Gasteiger charge is 2.26. The Bertz CT molecular complexity index is 891. The number of nitrogens with zero attached hydrogens (tertiary/aromatic N) is 2. The van der Waals surface area contributed by atoms with Crippen LogP contribution < -0.4 is 5.32 Å². The van der Waals surface area contributed by atoms with Crippen molar-refractivity contribution in [3.8, 4) is 0 Å². The van der Waals surface area contributed by atoms with Crippen LogP contribution >= 0.6 is 34.3 Å². The molecule has 1 amide bonds. The molecule has 1 aliphatic rings. The van der Waals surface area contributed by atoms with Gasteiger partial charge in [-0.1, -0.05) is 18.5 Å². The lowest BCUT2D eigenvalue weighted by Crippen LogP contribution is -2.34. The van der Waals surface area contributed by atoms with Gasteiger partial charge in [-0.25, -0.2) is 13.4 Å². The monoisotopic (exact) mass is 419 g/mol. The zero-order chi connectivity index (χ0) is 18.2. The first-order valence-electron chi connectivity index (χ1n) is 7.76. The fourth-order valence-electron chi connectivity index (χ4n) is 2.63. The lowest BCUT2D eigenvalue weighted by atomic mass is 9.93. The maximum atomic E-state index is 12.4. The fourth-order valence-corrected chi connectivity index (χ4v) is 6.64. The number of aryl methyl sites for hydroxylation is 1. The van der Waals surface area contributed by atoms with Gasteiger partial charge in [0.2, 0.25) is 5.91 Å². The molecular formula is C15H18ClN3O3S3. The minimum atomic E-state index is -3.73. The number of fused-ring (bicyclic) bond motifs is 1. The molecule has 0 bridgehead atoms. The van der Waals surface area contributed by atoms with E-state index in [0.29, 0.717) is 15.4 Å². The molecule has 0 saturated heterocycles. The predicted molar refractivity (Wildman–Crippen MR) is 101 cm³/mol. The highest BCUT2D eigenvalue weighted by atomic mass is 35.5. The first-order chi connectivity index (χ1) is 11.8. The van der Waals surface area contributed by atoms with E-state index in [9.17, 15) is 13.2 Å². The number of thiophene rings is 1. The molecule has 10 heteroatoms. The van der Waals surface area contributed by atoms with Crippen molar-refractivity contribution in [1.29, 1.82) is 0 Å². The SMILES string of the molecule is CC1CCc2nc(NC(=O)CN(C)S(=O)(=O)c3ccc(Cl)s3)sc2C1. The Hall–Kier alpha value is -1.000. The van der Waals surface area contributed by atoms with Gasteiger partial charge in [-0.05, 0) is 37.3 Å². The Morgan fingerprint density at radius 1 is 1.44 bits per heavy atom. The molecule has 0 fully saturated rings. The summed E-state index contributed by atoms with van der Waals surface area (Å²) in [4.78, 5) is 17.9. The number of carbonyl (C=O) groups is 1. The van der Waals surface area contributed by atoms with E-state index in [1.54, 1.807) is 0 Å². The fraction of sp³-hybridized carbons (Fsp3) is 0.467. The average Bonchev–Trinajstić information content (AvgIpc) is 3.12. The van der Waals surface area contributed by atoms with Gasteiger partial charge in [-0.3, -0.25) is 4.79 Å². The van der Waals surface area contributed by atoms with Crippen molar-refractivity contribution < 1.29 is 13.2 Å². The molecule has 1 N–H and O–H groups in total. The third-order valence-corrected chi connectivity index (χ3v) is 8.55. The summed E-state index contributed by atoms with van der Waals surface area (Å²) in [5.41, 5.74) is 1.05. The second-order valence-electron chi connectivity index (χ2n) is 6.10. The zero-order valence-electron chi connectivity index (χ0n) is 13.8. The van der Waals surface area contributed by atoms with Gasteiger partial charge < -0.3 is 5.32 Å². The van der Waals surface area contributed by atoms with Crippen LogP contribution in [-0.4, -0.2) is 37.2 Å². The molecule has 3 rings (SSSR count). The van der Waals surface area contributed by atoms with E-state index in [1.165, 1.54) is 35.4 Å². The number of halogens is 1. The van der Waals surface area contributed by atoms with Gasteiger partial charge in [0.15, 0.2) is 5.13 Å². The van der Waals surface area contributed by atoms with Crippen molar-refractivity contribution in [2.45, 2.75) is 30.4 Å². The van der Waals surface area contributed by atoms with Crippen LogP contribution in [-0.2, 0) is 27.7 Å². The summed E-state index contributed by atoms with van der Waals surface area (Å²) in [6.07, 6.45) is 3.01. The van der Waals surface area contributed by atoms with Crippen LogP contribution in [0.5, 0.6) is 0 Å². The van der Waals surface area contributed by atoms with Crippen LogP contribution in [0.2, 0.25) is 4.34 Å². The van der Waals surface area contributed by atoms with Crippen LogP contribution in [0, 0.1) is 5.92 Å². The number of likely N-dealkylation sites (N-methyl/N-ethyl adjacent to an activating group) is 1. The number of rotatable bonds is 5. The van der Waals surface area contributed by atoms with Gasteiger partial charge in [-0.2, -0.15) is 4.31 Å². The molecule has 136 valence electrons. The topological polar surface area (TPSA) is 79.4 Å². The highest BCUT2D eigenvalue weighted by molar-refractivity contribution is 7.91. The first kappa shape index (κ1) is 18.8. The van der Waals surface area contributed by atoms with E-state index in [-0.39, 0.29) is 10.8 Å². The molecule has 2 heterocycles. The molecule has 0 aromatic carbocycles. The standard InChI is InChI=1S/C15H18ClN3O3S3/c1-9-3-4-10-11(7-9)23-15(17-10)18-13(20)8-19(2)25(21,22)14-6-5-12(16)24-14/h5-6,9H,3-4,7-8H2,1-2H3,(H,17,18,20). The zero-order valence-corrected chi connectivity index (χ0v) is 17.0. The second kappa shape index (κ2) is 7.32. The minimum absolute atomic E-state index is 0.117. The van der Waals surface area contributed by atoms with Crippen molar-refractivity contribution >= 4 is 55.3 Å². The highest BCUT2D eigenvalue weighted by Crippen LogP contribution is 2.32. The molecule has 0 saturated carbocycles. The van der Waals surface area contributed by atoms with E-state index in [2.05, 4.69) is 17.2 Å². The number of aromatic nitrogens is 1.